The second kappa shape index (κ2) is 6.96. The molecule has 1 saturated carbocycles. The highest BCUT2D eigenvalue weighted by molar-refractivity contribution is 14.1. The van der Waals surface area contributed by atoms with E-state index >= 15 is 0 Å². The molecule has 5 heteroatoms. The Morgan fingerprint density at radius 1 is 1.43 bits per heavy atom. The van der Waals surface area contributed by atoms with Gasteiger partial charge in [0.2, 0.25) is 0 Å². The minimum atomic E-state index is -0.988. The summed E-state index contributed by atoms with van der Waals surface area (Å²) >= 11 is 2.25. The smallest absolute Gasteiger partial charge is 0.404 e. The zero-order chi connectivity index (χ0) is 15.5. The minimum absolute atomic E-state index is 0.111. The number of halogens is 1. The van der Waals surface area contributed by atoms with Crippen molar-refractivity contribution in [3.8, 4) is 0 Å². The standard InChI is InChI=1S/C16H22INO3/c1-2-16(20,11-7-3-5-9-13(11)17)12-8-4-6-10-14(12)21-15(18)19/h3,5,7,9,12,14,20H,2,4,6,8,10H2,1H3,(H2,18,19)/t12-,14-,16+/m0/s1. The number of aliphatic hydroxyl groups is 1. The first-order valence-electron chi connectivity index (χ1n) is 7.42. The molecule has 1 aromatic carbocycles. The van der Waals surface area contributed by atoms with Crippen molar-refractivity contribution >= 4 is 28.7 Å². The predicted octanol–water partition coefficient (Wildman–Crippen LogP) is 3.54. The van der Waals surface area contributed by atoms with E-state index in [1.54, 1.807) is 0 Å². The molecule has 0 radical (unpaired) electrons. The Bertz CT molecular complexity index is 508. The molecule has 1 aromatic rings. The van der Waals surface area contributed by atoms with E-state index in [2.05, 4.69) is 22.6 Å². The zero-order valence-electron chi connectivity index (χ0n) is 12.2. The average molecular weight is 403 g/mol. The van der Waals surface area contributed by atoms with E-state index in [1.165, 1.54) is 0 Å². The first kappa shape index (κ1) is 16.5. The van der Waals surface area contributed by atoms with Gasteiger partial charge in [-0.05, 0) is 59.9 Å². The van der Waals surface area contributed by atoms with E-state index in [1.807, 2.05) is 31.2 Å². The van der Waals surface area contributed by atoms with Crippen LogP contribution in [0.5, 0.6) is 0 Å². The Balaban J connectivity index is 2.37. The fraction of sp³-hybridized carbons (Fsp3) is 0.562. The molecule has 0 aromatic heterocycles. The van der Waals surface area contributed by atoms with Gasteiger partial charge in [-0.15, -0.1) is 0 Å². The maximum absolute atomic E-state index is 11.3. The van der Waals surface area contributed by atoms with Crippen LogP contribution >= 0.6 is 22.6 Å². The normalized spacial score (nSPS) is 25.1. The van der Waals surface area contributed by atoms with Crippen molar-refractivity contribution in [2.45, 2.75) is 50.7 Å². The first-order chi connectivity index (χ1) is 9.99. The maximum atomic E-state index is 11.3. The van der Waals surface area contributed by atoms with Gasteiger partial charge in [0.25, 0.3) is 0 Å². The van der Waals surface area contributed by atoms with Gasteiger partial charge in [0.05, 0.1) is 5.60 Å². The van der Waals surface area contributed by atoms with Gasteiger partial charge in [0.1, 0.15) is 6.10 Å². The fourth-order valence-electron chi connectivity index (χ4n) is 3.40. The lowest BCUT2D eigenvalue weighted by atomic mass is 9.70. The van der Waals surface area contributed by atoms with Crippen LogP contribution in [0.15, 0.2) is 24.3 Å². The Morgan fingerprint density at radius 3 is 2.71 bits per heavy atom. The highest BCUT2D eigenvalue weighted by Crippen LogP contribution is 2.44. The summed E-state index contributed by atoms with van der Waals surface area (Å²) in [7, 11) is 0. The third kappa shape index (κ3) is 3.51. The van der Waals surface area contributed by atoms with Crippen LogP contribution in [-0.4, -0.2) is 17.3 Å². The lowest BCUT2D eigenvalue weighted by Crippen LogP contribution is -2.46. The summed E-state index contributed by atoms with van der Waals surface area (Å²) in [5, 5.41) is 11.3. The monoisotopic (exact) mass is 403 g/mol. The van der Waals surface area contributed by atoms with Crippen LogP contribution in [0.1, 0.15) is 44.6 Å². The predicted molar refractivity (Wildman–Crippen MR) is 89.8 cm³/mol. The quantitative estimate of drug-likeness (QED) is 0.756. The van der Waals surface area contributed by atoms with Crippen LogP contribution in [0, 0.1) is 9.49 Å². The van der Waals surface area contributed by atoms with E-state index in [4.69, 9.17) is 10.5 Å². The number of hydrogen-bond acceptors (Lipinski definition) is 3. The largest absolute Gasteiger partial charge is 0.446 e. The van der Waals surface area contributed by atoms with Crippen LogP contribution in [0.3, 0.4) is 0 Å². The molecule has 0 spiro atoms. The van der Waals surface area contributed by atoms with Gasteiger partial charge in [0, 0.05) is 9.49 Å². The number of carbonyl (C=O) groups excluding carboxylic acids is 1. The molecular formula is C16H22INO3. The second-order valence-electron chi connectivity index (χ2n) is 5.62. The number of nitrogens with two attached hydrogens (primary N) is 1. The third-order valence-corrected chi connectivity index (χ3v) is 5.40. The van der Waals surface area contributed by atoms with Crippen molar-refractivity contribution in [2.24, 2.45) is 11.7 Å². The molecule has 1 aliphatic carbocycles. The molecule has 4 nitrogen and oxygen atoms in total. The van der Waals surface area contributed by atoms with E-state index < -0.39 is 11.7 Å². The maximum Gasteiger partial charge on any atom is 0.404 e. The van der Waals surface area contributed by atoms with E-state index in [9.17, 15) is 9.90 Å². The Hall–Kier alpha value is -0.820. The van der Waals surface area contributed by atoms with Crippen molar-refractivity contribution in [2.75, 3.05) is 0 Å². The second-order valence-corrected chi connectivity index (χ2v) is 6.79. The number of carbonyl (C=O) groups is 1. The number of amides is 1. The van der Waals surface area contributed by atoms with Gasteiger partial charge in [-0.2, -0.15) is 0 Å². The molecule has 1 aliphatic rings. The number of ether oxygens (including phenoxy) is 1. The molecule has 21 heavy (non-hydrogen) atoms. The minimum Gasteiger partial charge on any atom is -0.446 e. The molecule has 0 unspecified atom stereocenters. The summed E-state index contributed by atoms with van der Waals surface area (Å²) in [5.41, 5.74) is 5.12. The topological polar surface area (TPSA) is 72.6 Å². The van der Waals surface area contributed by atoms with Crippen molar-refractivity contribution < 1.29 is 14.6 Å². The highest BCUT2D eigenvalue weighted by atomic mass is 127. The number of benzene rings is 1. The molecule has 0 bridgehead atoms. The molecule has 0 aliphatic heterocycles. The third-order valence-electron chi connectivity index (χ3n) is 4.46. The van der Waals surface area contributed by atoms with Gasteiger partial charge >= 0.3 is 6.09 Å². The van der Waals surface area contributed by atoms with E-state index in [0.29, 0.717) is 6.42 Å². The van der Waals surface area contributed by atoms with Crippen LogP contribution in [0.4, 0.5) is 4.79 Å². The molecule has 3 N–H and O–H groups in total. The van der Waals surface area contributed by atoms with Gasteiger partial charge < -0.3 is 15.6 Å². The highest BCUT2D eigenvalue weighted by Gasteiger charge is 2.44. The lowest BCUT2D eigenvalue weighted by Gasteiger charge is -2.42. The molecule has 3 atom stereocenters. The van der Waals surface area contributed by atoms with Crippen LogP contribution in [0.25, 0.3) is 0 Å². The molecule has 1 amide bonds. The van der Waals surface area contributed by atoms with Crippen molar-refractivity contribution in [1.82, 2.24) is 0 Å². The van der Waals surface area contributed by atoms with Crippen LogP contribution in [0.2, 0.25) is 0 Å². The zero-order valence-corrected chi connectivity index (χ0v) is 14.4. The molecule has 116 valence electrons. The van der Waals surface area contributed by atoms with Crippen molar-refractivity contribution in [1.29, 1.82) is 0 Å². The Kier molecular flexibility index (Phi) is 5.48. The number of rotatable bonds is 4. The SMILES string of the molecule is CC[C@@](O)(c1ccccc1I)[C@H]1CCCC[C@@H]1OC(N)=O. The summed E-state index contributed by atoms with van der Waals surface area (Å²) in [4.78, 5) is 11.1. The first-order valence-corrected chi connectivity index (χ1v) is 8.50. The van der Waals surface area contributed by atoms with Crippen LogP contribution < -0.4 is 5.73 Å². The molecule has 0 saturated heterocycles. The summed E-state index contributed by atoms with van der Waals surface area (Å²) in [6.07, 6.45) is 3.16. The Labute approximate surface area is 139 Å². The van der Waals surface area contributed by atoms with Crippen molar-refractivity contribution in [3.05, 3.63) is 33.4 Å². The van der Waals surface area contributed by atoms with Gasteiger partial charge in [-0.25, -0.2) is 4.79 Å². The Morgan fingerprint density at radius 2 is 2.10 bits per heavy atom. The van der Waals surface area contributed by atoms with Gasteiger partial charge in [-0.1, -0.05) is 31.5 Å². The van der Waals surface area contributed by atoms with E-state index in [0.717, 1.165) is 34.8 Å². The average Bonchev–Trinajstić information content (AvgIpc) is 2.47. The molecule has 2 rings (SSSR count). The lowest BCUT2D eigenvalue weighted by molar-refractivity contribution is -0.0974. The molecular weight excluding hydrogens is 381 g/mol. The van der Waals surface area contributed by atoms with E-state index in [-0.39, 0.29) is 12.0 Å². The van der Waals surface area contributed by atoms with Crippen molar-refractivity contribution in [3.63, 3.8) is 0 Å². The summed E-state index contributed by atoms with van der Waals surface area (Å²) < 4.78 is 6.32. The van der Waals surface area contributed by atoms with Gasteiger partial charge in [-0.3, -0.25) is 0 Å². The number of primary amides is 1. The summed E-state index contributed by atoms with van der Waals surface area (Å²) in [5.74, 6) is -0.111. The molecule has 1 fully saturated rings. The summed E-state index contributed by atoms with van der Waals surface area (Å²) in [6.45, 7) is 1.97. The van der Waals surface area contributed by atoms with Crippen LogP contribution in [-0.2, 0) is 10.3 Å². The fourth-order valence-corrected chi connectivity index (χ4v) is 4.25. The molecule has 0 heterocycles. The van der Waals surface area contributed by atoms with Gasteiger partial charge in [0.15, 0.2) is 0 Å². The number of hydrogen-bond donors (Lipinski definition) is 2. The summed E-state index contributed by atoms with van der Waals surface area (Å²) in [6, 6.07) is 7.84.